The summed E-state index contributed by atoms with van der Waals surface area (Å²) in [4.78, 5) is 19.6. The number of carbonyl (C=O) groups is 1. The maximum atomic E-state index is 13.0. The van der Waals surface area contributed by atoms with Gasteiger partial charge >= 0.3 is 0 Å². The van der Waals surface area contributed by atoms with Crippen LogP contribution in [0, 0.1) is 5.92 Å². The lowest BCUT2D eigenvalue weighted by molar-refractivity contribution is -0.124. The van der Waals surface area contributed by atoms with Crippen molar-refractivity contribution in [2.24, 2.45) is 5.92 Å². The fourth-order valence-electron chi connectivity index (χ4n) is 4.67. The molecule has 2 heterocycles. The Balaban J connectivity index is 0.00000240. The van der Waals surface area contributed by atoms with Gasteiger partial charge in [-0.15, -0.1) is 12.4 Å². The summed E-state index contributed by atoms with van der Waals surface area (Å²) in [7, 11) is 0. The van der Waals surface area contributed by atoms with Crippen LogP contribution in [0.25, 0.3) is 0 Å². The van der Waals surface area contributed by atoms with Crippen molar-refractivity contribution in [3.63, 3.8) is 0 Å². The molecular weight excluding hydrogens is 384 g/mol. The molecular formula is C23H31ClN4O. The predicted molar refractivity (Wildman–Crippen MR) is 118 cm³/mol. The number of benzene rings is 1. The number of amides is 1. The van der Waals surface area contributed by atoms with Gasteiger partial charge in [-0.3, -0.25) is 14.7 Å². The van der Waals surface area contributed by atoms with Crippen LogP contribution < -0.4 is 10.6 Å². The average Bonchev–Trinajstić information content (AvgIpc) is 3.28. The molecule has 1 aromatic carbocycles. The first-order chi connectivity index (χ1) is 13.8. The van der Waals surface area contributed by atoms with E-state index in [-0.39, 0.29) is 30.4 Å². The molecule has 6 heteroatoms. The molecule has 1 amide bonds. The summed E-state index contributed by atoms with van der Waals surface area (Å²) in [6, 6.07) is 14.8. The van der Waals surface area contributed by atoms with Gasteiger partial charge in [0, 0.05) is 38.1 Å². The minimum Gasteiger partial charge on any atom is -0.348 e. The van der Waals surface area contributed by atoms with E-state index in [2.05, 4.69) is 50.8 Å². The second-order valence-corrected chi connectivity index (χ2v) is 7.98. The molecule has 1 aromatic heterocycles. The Kier molecular flexibility index (Phi) is 8.04. The minimum absolute atomic E-state index is 0. The number of hydrogen-bond donors (Lipinski definition) is 2. The molecule has 0 radical (unpaired) electrons. The molecule has 1 aliphatic carbocycles. The van der Waals surface area contributed by atoms with Crippen LogP contribution in [0.5, 0.6) is 0 Å². The summed E-state index contributed by atoms with van der Waals surface area (Å²) in [6.45, 7) is 3.06. The van der Waals surface area contributed by atoms with Crippen molar-refractivity contribution < 1.29 is 4.79 Å². The van der Waals surface area contributed by atoms with Crippen molar-refractivity contribution in [1.29, 1.82) is 0 Å². The Morgan fingerprint density at radius 3 is 2.69 bits per heavy atom. The average molecular weight is 415 g/mol. The van der Waals surface area contributed by atoms with Crippen LogP contribution >= 0.6 is 12.4 Å². The number of piperazine rings is 1. The standard InChI is InChI=1S/C23H30N4O.ClH/c28-22(17-27-14-13-25-16-21(27)20-11-6-12-24-15-20)26-23(19-9-4-5-10-19)18-7-2-1-3-8-18;/h1-3,6-8,11-12,15,19,21,23,25H,4-5,9-10,13-14,16-17H2,(H,26,28);1H. The van der Waals surface area contributed by atoms with E-state index in [1.165, 1.54) is 31.2 Å². The van der Waals surface area contributed by atoms with Crippen molar-refractivity contribution in [1.82, 2.24) is 20.5 Å². The zero-order chi connectivity index (χ0) is 19.2. The van der Waals surface area contributed by atoms with Gasteiger partial charge in [0.2, 0.25) is 5.91 Å². The lowest BCUT2D eigenvalue weighted by atomic mass is 9.91. The largest absolute Gasteiger partial charge is 0.348 e. The summed E-state index contributed by atoms with van der Waals surface area (Å²) in [5.41, 5.74) is 2.39. The van der Waals surface area contributed by atoms with Gasteiger partial charge in [-0.25, -0.2) is 0 Å². The highest BCUT2D eigenvalue weighted by Crippen LogP contribution is 2.35. The monoisotopic (exact) mass is 414 g/mol. The highest BCUT2D eigenvalue weighted by atomic mass is 35.5. The molecule has 2 N–H and O–H groups in total. The topological polar surface area (TPSA) is 57.3 Å². The molecule has 2 fully saturated rings. The second-order valence-electron chi connectivity index (χ2n) is 7.98. The summed E-state index contributed by atoms with van der Waals surface area (Å²) >= 11 is 0. The Hall–Kier alpha value is -1.95. The van der Waals surface area contributed by atoms with E-state index in [0.717, 1.165) is 25.2 Å². The third-order valence-electron chi connectivity index (χ3n) is 6.12. The van der Waals surface area contributed by atoms with Gasteiger partial charge in [0.05, 0.1) is 12.6 Å². The summed E-state index contributed by atoms with van der Waals surface area (Å²) in [5, 5.41) is 6.82. The highest BCUT2D eigenvalue weighted by Gasteiger charge is 2.30. The molecule has 1 saturated heterocycles. The maximum Gasteiger partial charge on any atom is 0.234 e. The number of nitrogens with zero attached hydrogens (tertiary/aromatic N) is 2. The van der Waals surface area contributed by atoms with E-state index >= 15 is 0 Å². The van der Waals surface area contributed by atoms with Gasteiger partial charge < -0.3 is 10.6 Å². The first-order valence-corrected chi connectivity index (χ1v) is 10.5. The fraction of sp³-hybridized carbons (Fsp3) is 0.478. The van der Waals surface area contributed by atoms with Crippen molar-refractivity contribution in [2.75, 3.05) is 26.2 Å². The van der Waals surface area contributed by atoms with Crippen molar-refractivity contribution in [2.45, 2.75) is 37.8 Å². The summed E-state index contributed by atoms with van der Waals surface area (Å²) < 4.78 is 0. The quantitative estimate of drug-likeness (QED) is 0.759. The van der Waals surface area contributed by atoms with Gasteiger partial charge in [0.1, 0.15) is 0 Å². The molecule has 2 unspecified atom stereocenters. The van der Waals surface area contributed by atoms with Crippen LogP contribution in [0.15, 0.2) is 54.9 Å². The number of pyridine rings is 1. The molecule has 0 bridgehead atoms. The zero-order valence-corrected chi connectivity index (χ0v) is 17.6. The second kappa shape index (κ2) is 10.7. The summed E-state index contributed by atoms with van der Waals surface area (Å²) in [6.07, 6.45) is 8.64. The van der Waals surface area contributed by atoms with Gasteiger partial charge in [-0.1, -0.05) is 49.2 Å². The normalized spacial score (nSPS) is 21.3. The number of carbonyl (C=O) groups excluding carboxylic acids is 1. The molecule has 2 atom stereocenters. The van der Waals surface area contributed by atoms with E-state index in [4.69, 9.17) is 0 Å². The lowest BCUT2D eigenvalue weighted by Gasteiger charge is -2.36. The molecule has 29 heavy (non-hydrogen) atoms. The molecule has 1 saturated carbocycles. The predicted octanol–water partition coefficient (Wildman–Crippen LogP) is 3.50. The Morgan fingerprint density at radius 1 is 1.17 bits per heavy atom. The smallest absolute Gasteiger partial charge is 0.234 e. The van der Waals surface area contributed by atoms with E-state index in [1.54, 1.807) is 6.20 Å². The van der Waals surface area contributed by atoms with E-state index in [1.807, 2.05) is 18.3 Å². The van der Waals surface area contributed by atoms with Crippen LogP contribution in [0.3, 0.4) is 0 Å². The first-order valence-electron chi connectivity index (χ1n) is 10.5. The number of halogens is 1. The van der Waals surface area contributed by atoms with Crippen LogP contribution in [-0.4, -0.2) is 42.0 Å². The number of aromatic nitrogens is 1. The van der Waals surface area contributed by atoms with Gasteiger partial charge in [-0.05, 0) is 36.0 Å². The van der Waals surface area contributed by atoms with Crippen LogP contribution in [0.2, 0.25) is 0 Å². The number of rotatable bonds is 6. The molecule has 4 rings (SSSR count). The Bertz CT molecular complexity index is 752. The maximum absolute atomic E-state index is 13.0. The lowest BCUT2D eigenvalue weighted by Crippen LogP contribution is -2.50. The third-order valence-corrected chi connectivity index (χ3v) is 6.12. The van der Waals surface area contributed by atoms with E-state index in [9.17, 15) is 4.79 Å². The first kappa shape index (κ1) is 21.8. The van der Waals surface area contributed by atoms with Gasteiger partial charge in [0.25, 0.3) is 0 Å². The fourth-order valence-corrected chi connectivity index (χ4v) is 4.67. The van der Waals surface area contributed by atoms with Crippen molar-refractivity contribution in [3.05, 3.63) is 66.0 Å². The van der Waals surface area contributed by atoms with Crippen molar-refractivity contribution in [3.8, 4) is 0 Å². The SMILES string of the molecule is Cl.O=C(CN1CCNCC1c1cccnc1)NC(c1ccccc1)C1CCCC1. The molecule has 2 aliphatic rings. The Morgan fingerprint density at radius 2 is 1.97 bits per heavy atom. The van der Waals surface area contributed by atoms with E-state index < -0.39 is 0 Å². The Labute approximate surface area is 179 Å². The van der Waals surface area contributed by atoms with Gasteiger partial charge in [0.15, 0.2) is 0 Å². The molecule has 5 nitrogen and oxygen atoms in total. The molecule has 1 aliphatic heterocycles. The highest BCUT2D eigenvalue weighted by molar-refractivity contribution is 5.85. The van der Waals surface area contributed by atoms with Crippen LogP contribution in [-0.2, 0) is 4.79 Å². The number of nitrogens with one attached hydrogen (secondary N) is 2. The summed E-state index contributed by atoms with van der Waals surface area (Å²) in [5.74, 6) is 0.667. The third kappa shape index (κ3) is 5.56. The number of hydrogen-bond acceptors (Lipinski definition) is 4. The van der Waals surface area contributed by atoms with Crippen LogP contribution in [0.4, 0.5) is 0 Å². The molecule has 0 spiro atoms. The van der Waals surface area contributed by atoms with Crippen molar-refractivity contribution >= 4 is 18.3 Å². The minimum atomic E-state index is 0. The van der Waals surface area contributed by atoms with Gasteiger partial charge in [-0.2, -0.15) is 0 Å². The molecule has 2 aromatic rings. The van der Waals surface area contributed by atoms with E-state index in [0.29, 0.717) is 12.5 Å². The van der Waals surface area contributed by atoms with Crippen LogP contribution in [0.1, 0.15) is 48.9 Å². The molecule has 156 valence electrons. The zero-order valence-electron chi connectivity index (χ0n) is 16.8.